The van der Waals surface area contributed by atoms with Gasteiger partial charge in [0.15, 0.2) is 11.5 Å². The lowest BCUT2D eigenvalue weighted by Crippen LogP contribution is -2.41. The number of nitrogens with zero attached hydrogens (tertiary/aromatic N) is 2. The van der Waals surface area contributed by atoms with Crippen LogP contribution in [0.1, 0.15) is 37.0 Å². The van der Waals surface area contributed by atoms with Crippen molar-refractivity contribution in [1.29, 1.82) is 0 Å². The van der Waals surface area contributed by atoms with Gasteiger partial charge in [0.05, 0.1) is 13.2 Å². The van der Waals surface area contributed by atoms with E-state index in [2.05, 4.69) is 54.0 Å². The molecule has 4 heterocycles. The van der Waals surface area contributed by atoms with Crippen LogP contribution in [0, 0.1) is 5.92 Å². The van der Waals surface area contributed by atoms with Crippen LogP contribution in [0.2, 0.25) is 0 Å². The summed E-state index contributed by atoms with van der Waals surface area (Å²) in [4.78, 5) is 5.20. The summed E-state index contributed by atoms with van der Waals surface area (Å²) in [5.41, 5.74) is 4.91. The van der Waals surface area contributed by atoms with Crippen LogP contribution in [0.3, 0.4) is 0 Å². The smallest absolute Gasteiger partial charge is 0.231 e. The second kappa shape index (κ2) is 6.89. The molecule has 4 aliphatic heterocycles. The van der Waals surface area contributed by atoms with Crippen molar-refractivity contribution in [1.82, 2.24) is 4.90 Å². The van der Waals surface area contributed by atoms with E-state index >= 15 is 0 Å². The quantitative estimate of drug-likeness (QED) is 0.772. The first-order chi connectivity index (χ1) is 14.6. The molecule has 1 saturated heterocycles. The Morgan fingerprint density at radius 2 is 2.03 bits per heavy atom. The van der Waals surface area contributed by atoms with E-state index in [1.54, 1.807) is 0 Å². The Morgan fingerprint density at radius 1 is 1.13 bits per heavy atom. The Bertz CT molecular complexity index is 975. The van der Waals surface area contributed by atoms with Crippen LogP contribution < -0.4 is 14.4 Å². The lowest BCUT2D eigenvalue weighted by molar-refractivity contribution is -0.0159. The summed E-state index contributed by atoms with van der Waals surface area (Å²) >= 11 is 0. The van der Waals surface area contributed by atoms with Crippen molar-refractivity contribution < 1.29 is 14.2 Å². The maximum atomic E-state index is 6.64. The van der Waals surface area contributed by atoms with Gasteiger partial charge in [0, 0.05) is 30.4 Å². The number of likely N-dealkylation sites (tertiary alicyclic amines) is 1. The molecule has 0 bridgehead atoms. The Morgan fingerprint density at radius 3 is 2.90 bits per heavy atom. The second-order valence-corrected chi connectivity index (χ2v) is 9.43. The predicted molar refractivity (Wildman–Crippen MR) is 116 cm³/mol. The highest BCUT2D eigenvalue weighted by atomic mass is 16.7. The van der Waals surface area contributed by atoms with E-state index < -0.39 is 5.60 Å². The van der Waals surface area contributed by atoms with Crippen LogP contribution in [0.15, 0.2) is 36.4 Å². The van der Waals surface area contributed by atoms with E-state index in [0.717, 1.165) is 37.6 Å². The van der Waals surface area contributed by atoms with E-state index in [1.807, 2.05) is 6.07 Å². The van der Waals surface area contributed by atoms with Crippen LogP contribution in [0.4, 0.5) is 5.69 Å². The number of benzene rings is 2. The first kappa shape index (κ1) is 18.5. The molecule has 5 nitrogen and oxygen atoms in total. The standard InChI is InChI=1S/C25H30N2O3/c1-17(2)26-10-8-18(13-26)14-27-15-25(20-6-7-22-23(12-20)29-16-28-22)24-19(9-11-30-25)4-3-5-21(24)27/h3-7,12,17-18H,8-11,13-16H2,1-2H3. The van der Waals surface area contributed by atoms with Gasteiger partial charge in [-0.3, -0.25) is 0 Å². The maximum absolute atomic E-state index is 6.64. The van der Waals surface area contributed by atoms with Crippen LogP contribution in [0.25, 0.3) is 0 Å². The predicted octanol–water partition coefficient (Wildman–Crippen LogP) is 3.78. The zero-order valence-corrected chi connectivity index (χ0v) is 17.9. The normalized spacial score (nSPS) is 27.2. The van der Waals surface area contributed by atoms with Gasteiger partial charge in [-0.25, -0.2) is 0 Å². The van der Waals surface area contributed by atoms with Crippen molar-refractivity contribution in [2.24, 2.45) is 5.92 Å². The van der Waals surface area contributed by atoms with Gasteiger partial charge in [-0.15, -0.1) is 0 Å². The molecule has 0 spiro atoms. The molecular weight excluding hydrogens is 376 g/mol. The molecule has 30 heavy (non-hydrogen) atoms. The van der Waals surface area contributed by atoms with Crippen LogP contribution in [-0.2, 0) is 16.8 Å². The molecule has 0 saturated carbocycles. The monoisotopic (exact) mass is 406 g/mol. The zero-order valence-electron chi connectivity index (χ0n) is 17.9. The summed E-state index contributed by atoms with van der Waals surface area (Å²) in [6.45, 7) is 10.0. The molecule has 0 aromatic heterocycles. The van der Waals surface area contributed by atoms with E-state index in [-0.39, 0.29) is 0 Å². The van der Waals surface area contributed by atoms with Gasteiger partial charge in [-0.05, 0) is 68.5 Å². The van der Waals surface area contributed by atoms with Gasteiger partial charge in [0.2, 0.25) is 6.79 Å². The SMILES string of the molecule is CC(C)N1CCC(CN2CC3(c4ccc5c(c4)OCO5)OCCc4cccc2c43)C1. The van der Waals surface area contributed by atoms with Crippen molar-refractivity contribution in [3.05, 3.63) is 53.1 Å². The van der Waals surface area contributed by atoms with E-state index in [9.17, 15) is 0 Å². The van der Waals surface area contributed by atoms with Crippen molar-refractivity contribution in [3.8, 4) is 11.5 Å². The number of anilines is 1. The summed E-state index contributed by atoms with van der Waals surface area (Å²) in [6.07, 6.45) is 2.26. The van der Waals surface area contributed by atoms with E-state index in [1.165, 1.54) is 41.9 Å². The minimum atomic E-state index is -0.415. The van der Waals surface area contributed by atoms with Crippen molar-refractivity contribution in [3.63, 3.8) is 0 Å². The topological polar surface area (TPSA) is 34.2 Å². The fraction of sp³-hybridized carbons (Fsp3) is 0.520. The largest absolute Gasteiger partial charge is 0.454 e. The average Bonchev–Trinajstić information content (AvgIpc) is 3.47. The fourth-order valence-corrected chi connectivity index (χ4v) is 5.83. The minimum absolute atomic E-state index is 0.300. The van der Waals surface area contributed by atoms with Gasteiger partial charge in [0.1, 0.15) is 5.60 Å². The molecule has 5 heteroatoms. The first-order valence-corrected chi connectivity index (χ1v) is 11.3. The van der Waals surface area contributed by atoms with Crippen LogP contribution in [-0.4, -0.2) is 50.5 Å². The van der Waals surface area contributed by atoms with Crippen LogP contribution in [0.5, 0.6) is 11.5 Å². The van der Waals surface area contributed by atoms with Gasteiger partial charge < -0.3 is 24.0 Å². The van der Waals surface area contributed by atoms with Crippen LogP contribution >= 0.6 is 0 Å². The number of hydrogen-bond donors (Lipinski definition) is 0. The molecular formula is C25H30N2O3. The molecule has 0 amide bonds. The summed E-state index contributed by atoms with van der Waals surface area (Å²) in [7, 11) is 0. The molecule has 0 aliphatic carbocycles. The molecule has 0 radical (unpaired) electrons. The summed E-state index contributed by atoms with van der Waals surface area (Å²) in [5, 5.41) is 0. The number of ether oxygens (including phenoxy) is 3. The highest BCUT2D eigenvalue weighted by molar-refractivity contribution is 5.69. The molecule has 158 valence electrons. The Kier molecular flexibility index (Phi) is 4.26. The highest BCUT2D eigenvalue weighted by Gasteiger charge is 2.49. The van der Waals surface area contributed by atoms with Gasteiger partial charge >= 0.3 is 0 Å². The highest BCUT2D eigenvalue weighted by Crippen LogP contribution is 2.51. The van der Waals surface area contributed by atoms with E-state index in [4.69, 9.17) is 14.2 Å². The van der Waals surface area contributed by atoms with Crippen molar-refractivity contribution >= 4 is 5.69 Å². The fourth-order valence-electron chi connectivity index (χ4n) is 5.83. The molecule has 2 atom stereocenters. The lowest BCUT2D eigenvalue weighted by atomic mass is 9.82. The third kappa shape index (κ3) is 2.75. The molecule has 2 unspecified atom stereocenters. The number of hydrogen-bond acceptors (Lipinski definition) is 5. The number of rotatable bonds is 4. The Balaban J connectivity index is 1.37. The van der Waals surface area contributed by atoms with Gasteiger partial charge in [0.25, 0.3) is 0 Å². The van der Waals surface area contributed by atoms with Crippen molar-refractivity contribution in [2.75, 3.05) is 44.5 Å². The van der Waals surface area contributed by atoms with Gasteiger partial charge in [-0.1, -0.05) is 18.2 Å². The number of fused-ring (bicyclic) bond motifs is 1. The molecule has 4 aliphatic rings. The van der Waals surface area contributed by atoms with Crippen molar-refractivity contribution in [2.45, 2.75) is 38.3 Å². The minimum Gasteiger partial charge on any atom is -0.454 e. The third-order valence-corrected chi connectivity index (χ3v) is 7.37. The Hall–Kier alpha value is -2.24. The summed E-state index contributed by atoms with van der Waals surface area (Å²) < 4.78 is 17.9. The molecule has 1 fully saturated rings. The summed E-state index contributed by atoms with van der Waals surface area (Å²) in [5.74, 6) is 2.36. The molecule has 2 aromatic carbocycles. The second-order valence-electron chi connectivity index (χ2n) is 9.43. The van der Waals surface area contributed by atoms with E-state index in [0.29, 0.717) is 18.8 Å². The lowest BCUT2D eigenvalue weighted by Gasteiger charge is -2.36. The summed E-state index contributed by atoms with van der Waals surface area (Å²) in [6, 6.07) is 13.8. The zero-order chi connectivity index (χ0) is 20.3. The third-order valence-electron chi connectivity index (χ3n) is 7.37. The molecule has 2 aromatic rings. The molecule has 6 rings (SSSR count). The van der Waals surface area contributed by atoms with Gasteiger partial charge in [-0.2, -0.15) is 0 Å². The molecule has 0 N–H and O–H groups in total. The maximum Gasteiger partial charge on any atom is 0.231 e. The first-order valence-electron chi connectivity index (χ1n) is 11.3. The Labute approximate surface area is 178 Å². The average molecular weight is 407 g/mol.